The van der Waals surface area contributed by atoms with Gasteiger partial charge in [0, 0.05) is 16.3 Å². The van der Waals surface area contributed by atoms with Crippen LogP contribution < -0.4 is 10.1 Å². The third kappa shape index (κ3) is 6.00. The van der Waals surface area contributed by atoms with Gasteiger partial charge in [-0.05, 0) is 69.2 Å². The monoisotopic (exact) mass is 444 g/mol. The number of halogens is 1. The zero-order chi connectivity index (χ0) is 23.3. The molecule has 0 aromatic heterocycles. The number of hydrogen-bond donors (Lipinski definition) is 1. The Hall–Kier alpha value is -3.55. The zero-order valence-electron chi connectivity index (χ0n) is 18.6. The van der Waals surface area contributed by atoms with Crippen LogP contribution in [0.4, 0.5) is 5.69 Å². The highest BCUT2D eigenvalue weighted by Crippen LogP contribution is 2.27. The number of amides is 1. The van der Waals surface area contributed by atoms with Gasteiger partial charge in [-0.25, -0.2) is 0 Å². The molecule has 3 aromatic carbocycles. The van der Waals surface area contributed by atoms with E-state index in [1.165, 1.54) is 6.08 Å². The fourth-order valence-electron chi connectivity index (χ4n) is 3.52. The van der Waals surface area contributed by atoms with Gasteiger partial charge in [0.25, 0.3) is 5.91 Å². The highest BCUT2D eigenvalue weighted by molar-refractivity contribution is 6.30. The first-order valence-corrected chi connectivity index (χ1v) is 10.6. The SMILES string of the molecule is Cc1cc(C)cc(COc2ccc(Cl)cc2/C=C(\C#N)C(=O)Nc2ccc(C)cc2C)c1. The van der Waals surface area contributed by atoms with Crippen LogP contribution in [0.15, 0.2) is 60.2 Å². The van der Waals surface area contributed by atoms with E-state index in [0.29, 0.717) is 28.6 Å². The summed E-state index contributed by atoms with van der Waals surface area (Å²) in [6.07, 6.45) is 1.50. The van der Waals surface area contributed by atoms with Crippen LogP contribution in [0.25, 0.3) is 6.08 Å². The average molecular weight is 445 g/mol. The molecule has 0 atom stereocenters. The van der Waals surface area contributed by atoms with Gasteiger partial charge >= 0.3 is 0 Å². The highest BCUT2D eigenvalue weighted by atomic mass is 35.5. The lowest BCUT2D eigenvalue weighted by Crippen LogP contribution is -2.14. The predicted molar refractivity (Wildman–Crippen MR) is 130 cm³/mol. The van der Waals surface area contributed by atoms with E-state index in [4.69, 9.17) is 16.3 Å². The summed E-state index contributed by atoms with van der Waals surface area (Å²) in [4.78, 5) is 12.8. The second-order valence-corrected chi connectivity index (χ2v) is 8.35. The summed E-state index contributed by atoms with van der Waals surface area (Å²) >= 11 is 6.18. The number of aryl methyl sites for hydroxylation is 4. The molecule has 4 nitrogen and oxygen atoms in total. The lowest BCUT2D eigenvalue weighted by atomic mass is 10.1. The first kappa shape index (κ1) is 23.1. The van der Waals surface area contributed by atoms with Crippen LogP contribution >= 0.6 is 11.6 Å². The Morgan fingerprint density at radius 1 is 1.00 bits per heavy atom. The summed E-state index contributed by atoms with van der Waals surface area (Å²) in [6.45, 7) is 8.34. The van der Waals surface area contributed by atoms with Gasteiger partial charge in [0.15, 0.2) is 0 Å². The molecule has 1 amide bonds. The van der Waals surface area contributed by atoms with Gasteiger partial charge in [-0.3, -0.25) is 4.79 Å². The molecular formula is C27H25ClN2O2. The summed E-state index contributed by atoms with van der Waals surface area (Å²) < 4.78 is 6.02. The molecule has 0 aliphatic heterocycles. The van der Waals surface area contributed by atoms with Crippen molar-refractivity contribution < 1.29 is 9.53 Å². The van der Waals surface area contributed by atoms with E-state index in [1.807, 2.05) is 52.0 Å². The molecule has 32 heavy (non-hydrogen) atoms. The van der Waals surface area contributed by atoms with Crippen LogP contribution in [0.5, 0.6) is 5.75 Å². The van der Waals surface area contributed by atoms with Gasteiger partial charge in [0.1, 0.15) is 24.0 Å². The van der Waals surface area contributed by atoms with Crippen molar-refractivity contribution in [2.45, 2.75) is 34.3 Å². The standard InChI is InChI=1S/C27H25ClN2O2/c1-17-5-7-25(20(4)10-17)30-27(31)23(15-29)13-22-14-24(28)6-8-26(22)32-16-21-11-18(2)9-19(3)12-21/h5-14H,16H2,1-4H3,(H,30,31)/b23-13+. The fraction of sp³-hybridized carbons (Fsp3) is 0.185. The van der Waals surface area contributed by atoms with Crippen molar-refractivity contribution in [2.24, 2.45) is 0 Å². The summed E-state index contributed by atoms with van der Waals surface area (Å²) in [5.74, 6) is 0.0558. The maximum Gasteiger partial charge on any atom is 0.266 e. The Labute approximate surface area is 194 Å². The highest BCUT2D eigenvalue weighted by Gasteiger charge is 2.13. The van der Waals surface area contributed by atoms with E-state index in [0.717, 1.165) is 27.8 Å². The smallest absolute Gasteiger partial charge is 0.266 e. The summed E-state index contributed by atoms with van der Waals surface area (Å²) in [5.41, 5.74) is 6.58. The van der Waals surface area contributed by atoms with Crippen LogP contribution in [0.3, 0.4) is 0 Å². The van der Waals surface area contributed by atoms with Crippen molar-refractivity contribution in [3.63, 3.8) is 0 Å². The zero-order valence-corrected chi connectivity index (χ0v) is 19.4. The number of anilines is 1. The molecule has 0 aliphatic carbocycles. The second kappa shape index (κ2) is 10.2. The van der Waals surface area contributed by atoms with Crippen LogP contribution in [0.1, 0.15) is 33.4 Å². The minimum Gasteiger partial charge on any atom is -0.488 e. The molecule has 0 heterocycles. The molecular weight excluding hydrogens is 420 g/mol. The molecule has 0 saturated carbocycles. The van der Waals surface area contributed by atoms with E-state index in [2.05, 4.69) is 23.5 Å². The Kier molecular flexibility index (Phi) is 7.35. The van der Waals surface area contributed by atoms with E-state index < -0.39 is 5.91 Å². The lowest BCUT2D eigenvalue weighted by Gasteiger charge is -2.12. The van der Waals surface area contributed by atoms with Crippen molar-refractivity contribution in [3.8, 4) is 11.8 Å². The number of nitriles is 1. The van der Waals surface area contributed by atoms with Crippen molar-refractivity contribution >= 4 is 29.3 Å². The minimum atomic E-state index is -0.486. The molecule has 0 bridgehead atoms. The fourth-order valence-corrected chi connectivity index (χ4v) is 3.71. The number of hydrogen-bond acceptors (Lipinski definition) is 3. The number of nitrogens with one attached hydrogen (secondary N) is 1. The number of nitrogens with zero attached hydrogens (tertiary/aromatic N) is 1. The van der Waals surface area contributed by atoms with Crippen LogP contribution in [-0.2, 0) is 11.4 Å². The molecule has 0 fully saturated rings. The van der Waals surface area contributed by atoms with Gasteiger partial charge in [-0.2, -0.15) is 5.26 Å². The maximum atomic E-state index is 12.8. The minimum absolute atomic E-state index is 0.0384. The van der Waals surface area contributed by atoms with E-state index in [-0.39, 0.29) is 5.57 Å². The van der Waals surface area contributed by atoms with E-state index in [9.17, 15) is 10.1 Å². The van der Waals surface area contributed by atoms with Gasteiger partial charge < -0.3 is 10.1 Å². The van der Waals surface area contributed by atoms with E-state index in [1.54, 1.807) is 18.2 Å². The Bertz CT molecular complexity index is 1220. The molecule has 5 heteroatoms. The second-order valence-electron chi connectivity index (χ2n) is 7.91. The molecule has 0 saturated heterocycles. The number of benzene rings is 3. The molecule has 162 valence electrons. The normalized spacial score (nSPS) is 11.1. The number of carbonyl (C=O) groups excluding carboxylic acids is 1. The van der Waals surface area contributed by atoms with E-state index >= 15 is 0 Å². The van der Waals surface area contributed by atoms with Crippen molar-refractivity contribution in [3.05, 3.63) is 98.6 Å². The van der Waals surface area contributed by atoms with Crippen molar-refractivity contribution in [1.82, 2.24) is 0 Å². The molecule has 1 N–H and O–H groups in total. The Morgan fingerprint density at radius 3 is 2.38 bits per heavy atom. The predicted octanol–water partition coefficient (Wildman–Crippen LogP) is 6.70. The Balaban J connectivity index is 1.85. The largest absolute Gasteiger partial charge is 0.488 e. The Morgan fingerprint density at radius 2 is 1.72 bits per heavy atom. The third-order valence-electron chi connectivity index (χ3n) is 4.94. The molecule has 0 aliphatic rings. The van der Waals surface area contributed by atoms with Gasteiger partial charge in [0.2, 0.25) is 0 Å². The number of rotatable bonds is 6. The molecule has 0 spiro atoms. The number of carbonyl (C=O) groups is 1. The molecule has 3 rings (SSSR count). The van der Waals surface area contributed by atoms with Gasteiger partial charge in [0.05, 0.1) is 0 Å². The summed E-state index contributed by atoms with van der Waals surface area (Å²) in [7, 11) is 0. The average Bonchev–Trinajstić information content (AvgIpc) is 2.72. The van der Waals surface area contributed by atoms with Crippen LogP contribution in [-0.4, -0.2) is 5.91 Å². The third-order valence-corrected chi connectivity index (χ3v) is 5.18. The van der Waals surface area contributed by atoms with Crippen LogP contribution in [0.2, 0.25) is 5.02 Å². The first-order valence-electron chi connectivity index (χ1n) is 10.2. The summed E-state index contributed by atoms with van der Waals surface area (Å²) in [6, 6.07) is 19.1. The topological polar surface area (TPSA) is 62.1 Å². The number of ether oxygens (including phenoxy) is 1. The molecule has 3 aromatic rings. The molecule has 0 unspecified atom stereocenters. The van der Waals surface area contributed by atoms with Crippen LogP contribution in [0, 0.1) is 39.0 Å². The molecule has 0 radical (unpaired) electrons. The lowest BCUT2D eigenvalue weighted by molar-refractivity contribution is -0.112. The van der Waals surface area contributed by atoms with Gasteiger partial charge in [-0.1, -0.05) is 58.6 Å². The quantitative estimate of drug-likeness (QED) is 0.340. The van der Waals surface area contributed by atoms with Crippen molar-refractivity contribution in [2.75, 3.05) is 5.32 Å². The van der Waals surface area contributed by atoms with Crippen molar-refractivity contribution in [1.29, 1.82) is 5.26 Å². The van der Waals surface area contributed by atoms with Gasteiger partial charge in [-0.15, -0.1) is 0 Å². The first-order chi connectivity index (χ1) is 15.2. The maximum absolute atomic E-state index is 12.8. The summed E-state index contributed by atoms with van der Waals surface area (Å²) in [5, 5.41) is 12.9.